The Morgan fingerprint density at radius 2 is 1.81 bits per heavy atom. The van der Waals surface area contributed by atoms with Crippen molar-refractivity contribution in [3.8, 4) is 11.5 Å². The van der Waals surface area contributed by atoms with Crippen LogP contribution >= 0.6 is 23.2 Å². The first-order valence-electron chi connectivity index (χ1n) is 9.03. The summed E-state index contributed by atoms with van der Waals surface area (Å²) >= 11 is 12.7. The maximum Gasteiger partial charge on any atom is 0.180 e. The second kappa shape index (κ2) is 10.7. The number of hydrogen-bond acceptors (Lipinski definition) is 3. The van der Waals surface area contributed by atoms with Crippen molar-refractivity contribution in [2.45, 2.75) is 40.3 Å². The van der Waals surface area contributed by atoms with Crippen LogP contribution in [0.15, 0.2) is 36.4 Å². The van der Waals surface area contributed by atoms with E-state index in [4.69, 9.17) is 32.7 Å². The maximum atomic E-state index is 6.47. The Morgan fingerprint density at radius 1 is 1.04 bits per heavy atom. The molecular weight excluding hydrogens is 369 g/mol. The van der Waals surface area contributed by atoms with E-state index in [0.29, 0.717) is 40.7 Å². The number of ether oxygens (including phenoxy) is 2. The number of rotatable bonds is 10. The number of halogens is 2. The molecule has 0 spiro atoms. The summed E-state index contributed by atoms with van der Waals surface area (Å²) in [5.74, 6) is 1.90. The molecule has 0 bridgehead atoms. The van der Waals surface area contributed by atoms with E-state index in [-0.39, 0.29) is 0 Å². The highest BCUT2D eigenvalue weighted by Crippen LogP contribution is 2.37. The second-order valence-electron chi connectivity index (χ2n) is 6.58. The molecule has 0 heterocycles. The molecule has 0 saturated carbocycles. The second-order valence-corrected chi connectivity index (χ2v) is 7.39. The molecule has 0 atom stereocenters. The van der Waals surface area contributed by atoms with Gasteiger partial charge in [0, 0.05) is 17.1 Å². The molecule has 0 unspecified atom stereocenters. The minimum atomic E-state index is 0.339. The SMILES string of the molecule is CCOc1cc(CNCCC(C)C)cc(Cl)c1OCc1ccccc1Cl. The number of nitrogens with one attached hydrogen (secondary N) is 1. The Balaban J connectivity index is 2.09. The lowest BCUT2D eigenvalue weighted by atomic mass is 10.1. The zero-order valence-electron chi connectivity index (χ0n) is 15.6. The van der Waals surface area contributed by atoms with Crippen molar-refractivity contribution in [2.75, 3.05) is 13.2 Å². The molecule has 0 saturated heterocycles. The lowest BCUT2D eigenvalue weighted by Gasteiger charge is -2.16. The molecule has 2 aromatic rings. The van der Waals surface area contributed by atoms with Crippen molar-refractivity contribution in [1.82, 2.24) is 5.32 Å². The van der Waals surface area contributed by atoms with E-state index in [1.807, 2.05) is 43.3 Å². The van der Waals surface area contributed by atoms with Gasteiger partial charge in [-0.2, -0.15) is 0 Å². The molecule has 1 N–H and O–H groups in total. The van der Waals surface area contributed by atoms with Crippen molar-refractivity contribution in [1.29, 1.82) is 0 Å². The smallest absolute Gasteiger partial charge is 0.180 e. The zero-order chi connectivity index (χ0) is 18.9. The van der Waals surface area contributed by atoms with E-state index in [2.05, 4.69) is 19.2 Å². The Kier molecular flexibility index (Phi) is 8.56. The summed E-state index contributed by atoms with van der Waals surface area (Å²) in [5, 5.41) is 4.66. The van der Waals surface area contributed by atoms with Gasteiger partial charge in [0.05, 0.1) is 11.6 Å². The van der Waals surface area contributed by atoms with Crippen molar-refractivity contribution in [3.05, 3.63) is 57.6 Å². The van der Waals surface area contributed by atoms with Gasteiger partial charge in [0.2, 0.25) is 0 Å². The van der Waals surface area contributed by atoms with Crippen LogP contribution in [-0.2, 0) is 13.2 Å². The summed E-state index contributed by atoms with van der Waals surface area (Å²) in [4.78, 5) is 0. The Morgan fingerprint density at radius 3 is 2.50 bits per heavy atom. The van der Waals surface area contributed by atoms with Crippen LogP contribution < -0.4 is 14.8 Å². The summed E-state index contributed by atoms with van der Waals surface area (Å²) in [6, 6.07) is 11.5. The van der Waals surface area contributed by atoms with Gasteiger partial charge in [0.15, 0.2) is 11.5 Å². The van der Waals surface area contributed by atoms with Crippen LogP contribution in [0.3, 0.4) is 0 Å². The van der Waals surface area contributed by atoms with Gasteiger partial charge >= 0.3 is 0 Å². The molecule has 5 heteroatoms. The van der Waals surface area contributed by atoms with E-state index in [0.717, 1.165) is 30.6 Å². The van der Waals surface area contributed by atoms with E-state index in [9.17, 15) is 0 Å². The van der Waals surface area contributed by atoms with Crippen LogP contribution in [0.2, 0.25) is 10.0 Å². The topological polar surface area (TPSA) is 30.5 Å². The van der Waals surface area contributed by atoms with Gasteiger partial charge in [-0.3, -0.25) is 0 Å². The van der Waals surface area contributed by atoms with Gasteiger partial charge in [-0.15, -0.1) is 0 Å². The number of benzene rings is 2. The molecule has 2 aromatic carbocycles. The molecule has 142 valence electrons. The fourth-order valence-corrected chi connectivity index (χ4v) is 2.99. The van der Waals surface area contributed by atoms with Crippen molar-refractivity contribution in [3.63, 3.8) is 0 Å². The fourth-order valence-electron chi connectivity index (χ4n) is 2.52. The Labute approximate surface area is 166 Å². The predicted octanol–water partition coefficient (Wildman–Crippen LogP) is 6.11. The minimum absolute atomic E-state index is 0.339. The van der Waals surface area contributed by atoms with Crippen LogP contribution in [0, 0.1) is 5.92 Å². The van der Waals surface area contributed by atoms with Gasteiger partial charge in [-0.05, 0) is 49.6 Å². The van der Waals surface area contributed by atoms with Gasteiger partial charge in [0.1, 0.15) is 6.61 Å². The first-order chi connectivity index (χ1) is 12.5. The van der Waals surface area contributed by atoms with Crippen LogP contribution in [0.4, 0.5) is 0 Å². The van der Waals surface area contributed by atoms with Gasteiger partial charge in [-0.25, -0.2) is 0 Å². The number of hydrogen-bond donors (Lipinski definition) is 1. The maximum absolute atomic E-state index is 6.47. The summed E-state index contributed by atoms with van der Waals surface area (Å²) in [6.45, 7) is 8.99. The van der Waals surface area contributed by atoms with Crippen LogP contribution in [0.5, 0.6) is 11.5 Å². The molecule has 0 fully saturated rings. The molecule has 0 aromatic heterocycles. The minimum Gasteiger partial charge on any atom is -0.490 e. The van der Waals surface area contributed by atoms with Crippen molar-refractivity contribution < 1.29 is 9.47 Å². The average Bonchev–Trinajstić information content (AvgIpc) is 2.59. The quantitative estimate of drug-likeness (QED) is 0.492. The molecule has 26 heavy (non-hydrogen) atoms. The van der Waals surface area contributed by atoms with Crippen LogP contribution in [-0.4, -0.2) is 13.2 Å². The molecule has 0 amide bonds. The summed E-state index contributed by atoms with van der Waals surface area (Å²) < 4.78 is 11.7. The van der Waals surface area contributed by atoms with Gasteiger partial charge in [0.25, 0.3) is 0 Å². The highest BCUT2D eigenvalue weighted by molar-refractivity contribution is 6.32. The predicted molar refractivity (Wildman–Crippen MR) is 110 cm³/mol. The summed E-state index contributed by atoms with van der Waals surface area (Å²) in [5.41, 5.74) is 1.99. The van der Waals surface area contributed by atoms with Gasteiger partial charge < -0.3 is 14.8 Å². The van der Waals surface area contributed by atoms with Crippen LogP contribution in [0.1, 0.15) is 38.3 Å². The van der Waals surface area contributed by atoms with Crippen molar-refractivity contribution in [2.24, 2.45) is 5.92 Å². The van der Waals surface area contributed by atoms with Crippen LogP contribution in [0.25, 0.3) is 0 Å². The first kappa shape index (κ1) is 20.9. The molecule has 3 nitrogen and oxygen atoms in total. The summed E-state index contributed by atoms with van der Waals surface area (Å²) in [6.07, 6.45) is 1.14. The first-order valence-corrected chi connectivity index (χ1v) is 9.79. The van der Waals surface area contributed by atoms with E-state index >= 15 is 0 Å². The lowest BCUT2D eigenvalue weighted by molar-refractivity contribution is 0.269. The van der Waals surface area contributed by atoms with E-state index in [1.165, 1.54) is 0 Å². The molecular formula is C21H27Cl2NO2. The molecule has 2 rings (SSSR count). The molecule has 0 aliphatic carbocycles. The zero-order valence-corrected chi connectivity index (χ0v) is 17.2. The third-order valence-electron chi connectivity index (χ3n) is 3.93. The van der Waals surface area contributed by atoms with Crippen molar-refractivity contribution >= 4 is 23.2 Å². The normalized spacial score (nSPS) is 11.0. The Bertz CT molecular complexity index is 704. The van der Waals surface area contributed by atoms with Gasteiger partial charge in [-0.1, -0.05) is 55.2 Å². The molecule has 0 aliphatic rings. The van der Waals surface area contributed by atoms with E-state index in [1.54, 1.807) is 0 Å². The largest absolute Gasteiger partial charge is 0.490 e. The highest BCUT2D eigenvalue weighted by atomic mass is 35.5. The Hall–Kier alpha value is -1.42. The molecule has 0 radical (unpaired) electrons. The fraction of sp³-hybridized carbons (Fsp3) is 0.429. The standard InChI is InChI=1S/C21H27Cl2NO2/c1-4-25-20-12-16(13-24-10-9-15(2)3)11-19(23)21(20)26-14-17-7-5-6-8-18(17)22/h5-8,11-12,15,24H,4,9-10,13-14H2,1-3H3. The molecule has 0 aliphatic heterocycles. The third-order valence-corrected chi connectivity index (χ3v) is 4.58. The van der Waals surface area contributed by atoms with E-state index < -0.39 is 0 Å². The monoisotopic (exact) mass is 395 g/mol. The lowest BCUT2D eigenvalue weighted by Crippen LogP contribution is -2.16. The third kappa shape index (κ3) is 6.39. The summed E-state index contributed by atoms with van der Waals surface area (Å²) in [7, 11) is 0. The highest BCUT2D eigenvalue weighted by Gasteiger charge is 2.13. The average molecular weight is 396 g/mol.